The van der Waals surface area contributed by atoms with E-state index in [4.69, 9.17) is 23.2 Å². The van der Waals surface area contributed by atoms with Crippen LogP contribution in [-0.2, 0) is 21.4 Å². The van der Waals surface area contributed by atoms with Crippen LogP contribution in [0, 0.1) is 6.92 Å². The molecule has 0 aromatic heterocycles. The van der Waals surface area contributed by atoms with Gasteiger partial charge in [0.15, 0.2) is 0 Å². The molecule has 36 heavy (non-hydrogen) atoms. The summed E-state index contributed by atoms with van der Waals surface area (Å²) >= 11 is 15.5. The van der Waals surface area contributed by atoms with E-state index in [-0.39, 0.29) is 23.9 Å². The van der Waals surface area contributed by atoms with Crippen molar-refractivity contribution in [1.29, 1.82) is 0 Å². The van der Waals surface area contributed by atoms with E-state index < -0.39 is 10.0 Å². The molecule has 6 nitrogen and oxygen atoms in total. The fourth-order valence-electron chi connectivity index (χ4n) is 4.15. The van der Waals surface area contributed by atoms with Gasteiger partial charge in [-0.25, -0.2) is 8.42 Å². The number of rotatable bonds is 7. The van der Waals surface area contributed by atoms with Gasteiger partial charge in [0.2, 0.25) is 15.9 Å². The van der Waals surface area contributed by atoms with Crippen molar-refractivity contribution >= 4 is 60.7 Å². The van der Waals surface area contributed by atoms with E-state index in [0.29, 0.717) is 36.2 Å². The largest absolute Gasteiger partial charge is 0.368 e. The molecule has 1 aliphatic rings. The predicted molar refractivity (Wildman–Crippen MR) is 148 cm³/mol. The zero-order valence-corrected chi connectivity index (χ0v) is 23.6. The highest BCUT2D eigenvalue weighted by atomic mass is 79.9. The van der Waals surface area contributed by atoms with Crippen LogP contribution in [0.15, 0.2) is 76.1 Å². The first kappa shape index (κ1) is 26.9. The molecule has 0 N–H and O–H groups in total. The molecule has 0 unspecified atom stereocenters. The van der Waals surface area contributed by atoms with Crippen molar-refractivity contribution in [2.45, 2.75) is 18.4 Å². The van der Waals surface area contributed by atoms with Gasteiger partial charge in [-0.15, -0.1) is 0 Å². The van der Waals surface area contributed by atoms with Crippen LogP contribution in [0.3, 0.4) is 0 Å². The Bertz CT molecular complexity index is 1330. The fourth-order valence-corrected chi connectivity index (χ4v) is 6.08. The van der Waals surface area contributed by atoms with E-state index in [9.17, 15) is 13.2 Å². The van der Waals surface area contributed by atoms with Gasteiger partial charge in [0.05, 0.1) is 11.4 Å². The van der Waals surface area contributed by atoms with Crippen LogP contribution in [0.4, 0.5) is 5.69 Å². The predicted octanol–water partition coefficient (Wildman–Crippen LogP) is 5.60. The van der Waals surface area contributed by atoms with Crippen molar-refractivity contribution in [1.82, 2.24) is 9.21 Å². The van der Waals surface area contributed by atoms with Crippen LogP contribution in [-0.4, -0.2) is 56.3 Å². The molecule has 3 aromatic carbocycles. The first-order valence-corrected chi connectivity index (χ1v) is 14.4. The topological polar surface area (TPSA) is 60.9 Å². The maximum absolute atomic E-state index is 13.5. The molecule has 0 spiro atoms. The smallest absolute Gasteiger partial charge is 0.243 e. The van der Waals surface area contributed by atoms with E-state index in [2.05, 4.69) is 20.8 Å². The number of nitrogens with zero attached hydrogens (tertiary/aromatic N) is 3. The Labute approximate surface area is 230 Å². The average Bonchev–Trinajstić information content (AvgIpc) is 2.86. The van der Waals surface area contributed by atoms with E-state index in [1.54, 1.807) is 4.90 Å². The number of amides is 1. The maximum Gasteiger partial charge on any atom is 0.243 e. The Kier molecular flexibility index (Phi) is 8.63. The number of anilines is 1. The van der Waals surface area contributed by atoms with Gasteiger partial charge in [-0.3, -0.25) is 4.79 Å². The molecule has 1 aliphatic heterocycles. The number of carbonyl (C=O) groups is 1. The quantitative estimate of drug-likeness (QED) is 0.349. The number of sulfonamides is 1. The van der Waals surface area contributed by atoms with Gasteiger partial charge in [-0.2, -0.15) is 4.31 Å². The summed E-state index contributed by atoms with van der Waals surface area (Å²) in [6, 6.07) is 19.1. The minimum absolute atomic E-state index is 0.0751. The lowest BCUT2D eigenvalue weighted by atomic mass is 10.1. The van der Waals surface area contributed by atoms with Crippen molar-refractivity contribution in [2.75, 3.05) is 37.6 Å². The lowest BCUT2D eigenvalue weighted by Crippen LogP contribution is -2.51. The van der Waals surface area contributed by atoms with E-state index in [1.807, 2.05) is 49.4 Å². The standard InChI is InChI=1S/C26H26BrCl2N3O3S/c1-19-2-7-23(29)16-25(19)30-12-14-31(15-13-30)26(33)18-32(17-20-3-5-21(27)6-4-20)36(34,35)24-10-8-22(28)9-11-24/h2-11,16H,12-15,17-18H2,1H3. The van der Waals surface area contributed by atoms with Crippen LogP contribution in [0.5, 0.6) is 0 Å². The third kappa shape index (κ3) is 6.42. The second-order valence-electron chi connectivity index (χ2n) is 8.65. The number of benzene rings is 3. The summed E-state index contributed by atoms with van der Waals surface area (Å²) in [6.45, 7) is 4.14. The third-order valence-electron chi connectivity index (χ3n) is 6.18. The van der Waals surface area contributed by atoms with Gasteiger partial charge < -0.3 is 9.80 Å². The number of hydrogen-bond donors (Lipinski definition) is 0. The van der Waals surface area contributed by atoms with Gasteiger partial charge in [0.25, 0.3) is 0 Å². The molecule has 0 radical (unpaired) electrons. The summed E-state index contributed by atoms with van der Waals surface area (Å²) in [6.07, 6.45) is 0. The molecule has 10 heteroatoms. The number of hydrogen-bond acceptors (Lipinski definition) is 4. The Morgan fingerprint density at radius 1 is 0.917 bits per heavy atom. The normalized spacial score (nSPS) is 14.4. The molecule has 1 fully saturated rings. The highest BCUT2D eigenvalue weighted by Crippen LogP contribution is 2.26. The summed E-state index contributed by atoms with van der Waals surface area (Å²) in [5.74, 6) is -0.230. The molecule has 4 rings (SSSR count). The molecule has 1 amide bonds. The SMILES string of the molecule is Cc1ccc(Cl)cc1N1CCN(C(=O)CN(Cc2ccc(Br)cc2)S(=O)(=O)c2ccc(Cl)cc2)CC1. The Morgan fingerprint density at radius 2 is 1.53 bits per heavy atom. The monoisotopic (exact) mass is 609 g/mol. The molecule has 0 bridgehead atoms. The molecule has 0 saturated carbocycles. The summed E-state index contributed by atoms with van der Waals surface area (Å²) in [4.78, 5) is 17.3. The van der Waals surface area contributed by atoms with Gasteiger partial charge >= 0.3 is 0 Å². The van der Waals surface area contributed by atoms with Gasteiger partial charge in [-0.1, -0.05) is 57.3 Å². The molecular weight excluding hydrogens is 585 g/mol. The molecule has 3 aromatic rings. The molecule has 1 saturated heterocycles. The van der Waals surface area contributed by atoms with Gasteiger partial charge in [-0.05, 0) is 66.6 Å². The molecule has 190 valence electrons. The average molecular weight is 611 g/mol. The third-order valence-corrected chi connectivity index (χ3v) is 9.00. The summed E-state index contributed by atoms with van der Waals surface area (Å²) < 4.78 is 29.2. The second kappa shape index (κ2) is 11.5. The first-order chi connectivity index (χ1) is 17.1. The lowest BCUT2D eigenvalue weighted by Gasteiger charge is -2.37. The van der Waals surface area contributed by atoms with Crippen molar-refractivity contribution in [2.24, 2.45) is 0 Å². The van der Waals surface area contributed by atoms with Crippen molar-refractivity contribution in [3.63, 3.8) is 0 Å². The number of aryl methyl sites for hydroxylation is 1. The molecule has 0 aliphatic carbocycles. The van der Waals surface area contributed by atoms with Crippen molar-refractivity contribution < 1.29 is 13.2 Å². The number of halogens is 3. The summed E-state index contributed by atoms with van der Waals surface area (Å²) in [5, 5.41) is 1.11. The molecule has 0 atom stereocenters. The second-order valence-corrected chi connectivity index (χ2v) is 12.4. The number of piperazine rings is 1. The van der Waals surface area contributed by atoms with Gasteiger partial charge in [0.1, 0.15) is 0 Å². The first-order valence-electron chi connectivity index (χ1n) is 11.4. The van der Waals surface area contributed by atoms with Crippen LogP contribution in [0.1, 0.15) is 11.1 Å². The van der Waals surface area contributed by atoms with Crippen molar-refractivity contribution in [3.05, 3.63) is 92.4 Å². The highest BCUT2D eigenvalue weighted by molar-refractivity contribution is 9.10. The van der Waals surface area contributed by atoms with Crippen LogP contribution < -0.4 is 4.90 Å². The van der Waals surface area contributed by atoms with E-state index in [0.717, 1.165) is 21.3 Å². The zero-order valence-electron chi connectivity index (χ0n) is 19.7. The Hall–Kier alpha value is -2.10. The lowest BCUT2D eigenvalue weighted by molar-refractivity contribution is -0.131. The molecular formula is C26H26BrCl2N3O3S. The van der Waals surface area contributed by atoms with E-state index in [1.165, 1.54) is 28.6 Å². The maximum atomic E-state index is 13.5. The van der Waals surface area contributed by atoms with Crippen LogP contribution in [0.25, 0.3) is 0 Å². The minimum atomic E-state index is -3.93. The summed E-state index contributed by atoms with van der Waals surface area (Å²) in [5.41, 5.74) is 2.95. The Morgan fingerprint density at radius 3 is 2.17 bits per heavy atom. The highest BCUT2D eigenvalue weighted by Gasteiger charge is 2.30. The van der Waals surface area contributed by atoms with E-state index >= 15 is 0 Å². The number of carbonyl (C=O) groups excluding carboxylic acids is 1. The zero-order chi connectivity index (χ0) is 25.9. The Balaban J connectivity index is 1.50. The van der Waals surface area contributed by atoms with Crippen molar-refractivity contribution in [3.8, 4) is 0 Å². The van der Waals surface area contributed by atoms with Crippen LogP contribution in [0.2, 0.25) is 10.0 Å². The van der Waals surface area contributed by atoms with Crippen LogP contribution >= 0.6 is 39.1 Å². The molecule has 1 heterocycles. The fraction of sp³-hybridized carbons (Fsp3) is 0.269. The summed E-state index contributed by atoms with van der Waals surface area (Å²) in [7, 11) is -3.93. The van der Waals surface area contributed by atoms with Gasteiger partial charge in [0, 0.05) is 52.9 Å². The minimum Gasteiger partial charge on any atom is -0.368 e.